The number of methoxy groups -OCH3 is 1. The van der Waals surface area contributed by atoms with Gasteiger partial charge < -0.3 is 19.9 Å². The number of amides is 1. The first-order valence-corrected chi connectivity index (χ1v) is 7.19. The number of aliphatic hydroxyl groups is 1. The number of hydrogen-bond donors (Lipinski definition) is 2. The predicted molar refractivity (Wildman–Crippen MR) is 79.7 cm³/mol. The van der Waals surface area contributed by atoms with E-state index in [1.165, 1.54) is 18.2 Å². The number of ether oxygens (including phenoxy) is 2. The van der Waals surface area contributed by atoms with Crippen LogP contribution in [-0.4, -0.2) is 43.5 Å². The van der Waals surface area contributed by atoms with Gasteiger partial charge in [-0.2, -0.15) is 0 Å². The Morgan fingerprint density at radius 1 is 1.52 bits per heavy atom. The van der Waals surface area contributed by atoms with Crippen molar-refractivity contribution < 1.29 is 23.8 Å². The topological polar surface area (TPSA) is 67.8 Å². The van der Waals surface area contributed by atoms with Crippen LogP contribution < -0.4 is 10.1 Å². The van der Waals surface area contributed by atoms with Crippen molar-refractivity contribution in [2.45, 2.75) is 18.9 Å². The molecule has 1 amide bonds. The maximum atomic E-state index is 12.9. The molecule has 0 radical (unpaired) electrons. The quantitative estimate of drug-likeness (QED) is 0.739. The lowest BCUT2D eigenvalue weighted by Crippen LogP contribution is -2.42. The van der Waals surface area contributed by atoms with Gasteiger partial charge in [0.05, 0.1) is 10.1 Å². The van der Waals surface area contributed by atoms with Crippen molar-refractivity contribution in [2.24, 2.45) is 0 Å². The number of carbonyl (C=O) groups excluding carboxylic acids is 1. The van der Waals surface area contributed by atoms with Crippen LogP contribution in [0, 0.1) is 5.82 Å². The van der Waals surface area contributed by atoms with Crippen molar-refractivity contribution in [3.8, 4) is 5.75 Å². The molecular formula is C14H19BrFNO4. The molecule has 1 aromatic carbocycles. The zero-order valence-corrected chi connectivity index (χ0v) is 13.6. The van der Waals surface area contributed by atoms with Crippen LogP contribution in [-0.2, 0) is 9.53 Å². The average molecular weight is 364 g/mol. The van der Waals surface area contributed by atoms with Crippen molar-refractivity contribution in [1.82, 2.24) is 5.32 Å². The maximum Gasteiger partial charge on any atom is 0.258 e. The van der Waals surface area contributed by atoms with Crippen LogP contribution in [0.2, 0.25) is 0 Å². The molecule has 118 valence electrons. The highest BCUT2D eigenvalue weighted by atomic mass is 79.9. The summed E-state index contributed by atoms with van der Waals surface area (Å²) in [5.41, 5.74) is -1.04. The molecule has 2 N–H and O–H groups in total. The van der Waals surface area contributed by atoms with E-state index in [2.05, 4.69) is 21.2 Å². The molecule has 21 heavy (non-hydrogen) atoms. The highest BCUT2D eigenvalue weighted by molar-refractivity contribution is 9.10. The van der Waals surface area contributed by atoms with Gasteiger partial charge in [-0.05, 0) is 41.1 Å². The van der Waals surface area contributed by atoms with E-state index >= 15 is 0 Å². The highest BCUT2D eigenvalue weighted by Crippen LogP contribution is 2.25. The second kappa shape index (κ2) is 8.31. The average Bonchev–Trinajstić information content (AvgIpc) is 2.42. The van der Waals surface area contributed by atoms with Crippen LogP contribution in [0.1, 0.15) is 13.3 Å². The molecule has 1 atom stereocenters. The molecule has 0 fully saturated rings. The summed E-state index contributed by atoms with van der Waals surface area (Å²) in [5.74, 6) is -0.394. The van der Waals surface area contributed by atoms with Crippen molar-refractivity contribution in [3.63, 3.8) is 0 Å². The molecule has 5 nitrogen and oxygen atoms in total. The normalized spacial score (nSPS) is 13.6. The summed E-state index contributed by atoms with van der Waals surface area (Å²) in [6, 6.07) is 3.93. The minimum absolute atomic E-state index is 0.100. The van der Waals surface area contributed by atoms with Crippen LogP contribution in [0.15, 0.2) is 22.7 Å². The van der Waals surface area contributed by atoms with E-state index in [4.69, 9.17) is 9.47 Å². The van der Waals surface area contributed by atoms with Crippen LogP contribution >= 0.6 is 15.9 Å². The van der Waals surface area contributed by atoms with Crippen LogP contribution in [0.5, 0.6) is 5.75 Å². The molecule has 0 aromatic heterocycles. The number of rotatable bonds is 8. The zero-order valence-electron chi connectivity index (χ0n) is 12.0. The molecular weight excluding hydrogens is 345 g/mol. The first kappa shape index (κ1) is 17.9. The standard InChI is InChI=1S/C14H19BrFNO4/c1-14(19,5-6-20-2)9-17-13(18)8-21-12-4-3-10(16)7-11(12)15/h3-4,7,19H,5-6,8-9H2,1-2H3,(H,17,18). The van der Waals surface area contributed by atoms with E-state index in [-0.39, 0.29) is 19.1 Å². The van der Waals surface area contributed by atoms with Gasteiger partial charge in [0, 0.05) is 26.7 Å². The summed E-state index contributed by atoms with van der Waals surface area (Å²) < 4.78 is 23.5. The molecule has 0 aliphatic rings. The first-order chi connectivity index (χ1) is 9.84. The number of benzene rings is 1. The fourth-order valence-corrected chi connectivity index (χ4v) is 1.95. The Morgan fingerprint density at radius 2 is 2.24 bits per heavy atom. The van der Waals surface area contributed by atoms with Gasteiger partial charge in [-0.15, -0.1) is 0 Å². The SMILES string of the molecule is COCCC(C)(O)CNC(=O)COc1ccc(F)cc1Br. The second-order valence-corrected chi connectivity index (χ2v) is 5.73. The summed E-state index contributed by atoms with van der Waals surface area (Å²) in [6.45, 7) is 1.90. The molecule has 1 rings (SSSR count). The van der Waals surface area contributed by atoms with Gasteiger partial charge in [-0.3, -0.25) is 4.79 Å². The summed E-state index contributed by atoms with van der Waals surface area (Å²) in [7, 11) is 1.54. The Bertz CT molecular complexity index is 482. The van der Waals surface area contributed by atoms with Gasteiger partial charge in [0.1, 0.15) is 11.6 Å². The van der Waals surface area contributed by atoms with Crippen molar-refractivity contribution >= 4 is 21.8 Å². The van der Waals surface area contributed by atoms with E-state index < -0.39 is 11.4 Å². The second-order valence-electron chi connectivity index (χ2n) is 4.88. The van der Waals surface area contributed by atoms with Gasteiger partial charge in [0.15, 0.2) is 6.61 Å². The lowest BCUT2D eigenvalue weighted by atomic mass is 10.0. The summed E-state index contributed by atoms with van der Waals surface area (Å²) in [4.78, 5) is 11.6. The lowest BCUT2D eigenvalue weighted by molar-refractivity contribution is -0.124. The molecule has 0 spiro atoms. The van der Waals surface area contributed by atoms with Crippen LogP contribution in [0.25, 0.3) is 0 Å². The Kier molecular flexibility index (Phi) is 7.07. The Labute approximate surface area is 131 Å². The minimum atomic E-state index is -1.04. The summed E-state index contributed by atoms with van der Waals surface area (Å²) in [5, 5.41) is 12.5. The molecule has 0 saturated carbocycles. The van der Waals surface area contributed by atoms with E-state index in [1.807, 2.05) is 0 Å². The molecule has 0 aliphatic carbocycles. The molecule has 0 bridgehead atoms. The fourth-order valence-electron chi connectivity index (χ4n) is 1.49. The van der Waals surface area contributed by atoms with Crippen LogP contribution in [0.4, 0.5) is 4.39 Å². The smallest absolute Gasteiger partial charge is 0.258 e. The van der Waals surface area contributed by atoms with E-state index in [1.54, 1.807) is 14.0 Å². The maximum absolute atomic E-state index is 12.9. The van der Waals surface area contributed by atoms with Crippen molar-refractivity contribution in [1.29, 1.82) is 0 Å². The monoisotopic (exact) mass is 363 g/mol. The van der Waals surface area contributed by atoms with E-state index in [9.17, 15) is 14.3 Å². The predicted octanol–water partition coefficient (Wildman–Crippen LogP) is 1.87. The van der Waals surface area contributed by atoms with Gasteiger partial charge in [-0.25, -0.2) is 4.39 Å². The minimum Gasteiger partial charge on any atom is -0.483 e. The first-order valence-electron chi connectivity index (χ1n) is 6.40. The van der Waals surface area contributed by atoms with Gasteiger partial charge in [0.2, 0.25) is 0 Å². The van der Waals surface area contributed by atoms with Crippen molar-refractivity contribution in [3.05, 3.63) is 28.5 Å². The third-order valence-electron chi connectivity index (χ3n) is 2.76. The largest absolute Gasteiger partial charge is 0.483 e. The molecule has 1 aromatic rings. The molecule has 7 heteroatoms. The zero-order chi connectivity index (χ0) is 15.9. The summed E-state index contributed by atoms with van der Waals surface area (Å²) >= 11 is 3.15. The Hall–Kier alpha value is -1.18. The Balaban J connectivity index is 2.37. The molecule has 0 saturated heterocycles. The van der Waals surface area contributed by atoms with Crippen LogP contribution in [0.3, 0.4) is 0 Å². The third kappa shape index (κ3) is 6.88. The van der Waals surface area contributed by atoms with E-state index in [0.29, 0.717) is 23.2 Å². The number of nitrogens with one attached hydrogen (secondary N) is 1. The Morgan fingerprint density at radius 3 is 2.86 bits per heavy atom. The van der Waals surface area contributed by atoms with E-state index in [0.717, 1.165) is 0 Å². The number of hydrogen-bond acceptors (Lipinski definition) is 4. The third-order valence-corrected chi connectivity index (χ3v) is 3.38. The molecule has 0 heterocycles. The molecule has 1 unspecified atom stereocenters. The number of halogens is 2. The van der Waals surface area contributed by atoms with Crippen molar-refractivity contribution in [2.75, 3.05) is 26.9 Å². The van der Waals surface area contributed by atoms with Gasteiger partial charge in [0.25, 0.3) is 5.91 Å². The van der Waals surface area contributed by atoms with Gasteiger partial charge in [-0.1, -0.05) is 0 Å². The number of carbonyl (C=O) groups is 1. The lowest BCUT2D eigenvalue weighted by Gasteiger charge is -2.23. The van der Waals surface area contributed by atoms with Gasteiger partial charge >= 0.3 is 0 Å². The molecule has 0 aliphatic heterocycles. The fraction of sp³-hybridized carbons (Fsp3) is 0.500. The summed E-state index contributed by atoms with van der Waals surface area (Å²) in [6.07, 6.45) is 0.411. The highest BCUT2D eigenvalue weighted by Gasteiger charge is 2.20.